The number of amides is 1. The summed E-state index contributed by atoms with van der Waals surface area (Å²) in [6, 6.07) is 11.0. The summed E-state index contributed by atoms with van der Waals surface area (Å²) in [6.45, 7) is 5.96. The van der Waals surface area contributed by atoms with Crippen molar-refractivity contribution in [2.24, 2.45) is 0 Å². The number of carboxylic acids is 1. The lowest BCUT2D eigenvalue weighted by Gasteiger charge is -2.38. The lowest BCUT2D eigenvalue weighted by Crippen LogP contribution is -2.56. The maximum atomic E-state index is 12.3. The molecular weight excluding hydrogens is 692 g/mol. The molecular formula is C36H41ClN8O7. The van der Waals surface area contributed by atoms with E-state index < -0.39 is 5.97 Å². The van der Waals surface area contributed by atoms with Gasteiger partial charge in [-0.05, 0) is 61.1 Å². The molecule has 0 saturated carbocycles. The van der Waals surface area contributed by atoms with Crippen LogP contribution in [0.4, 0.5) is 0 Å². The summed E-state index contributed by atoms with van der Waals surface area (Å²) in [6.07, 6.45) is 14.4. The molecule has 0 unspecified atom stereocenters. The van der Waals surface area contributed by atoms with Gasteiger partial charge in [0.1, 0.15) is 30.6 Å². The van der Waals surface area contributed by atoms with Gasteiger partial charge < -0.3 is 34.3 Å². The Bertz CT molecular complexity index is 1760. The number of carbonyl (C=O) groups excluding carboxylic acids is 1. The second-order valence-electron chi connectivity index (χ2n) is 12.0. The Balaban J connectivity index is 0.000000167. The summed E-state index contributed by atoms with van der Waals surface area (Å²) < 4.78 is 22.7. The zero-order valence-corrected chi connectivity index (χ0v) is 29.3. The summed E-state index contributed by atoms with van der Waals surface area (Å²) in [5.41, 5.74) is 3.88. The SMILES string of the molecule is Cl.O=C(O)c1ccncn1.O=C(c1ccncn1)N1CC(Oc2ncccc2C2=CCOCC2)C1.c1cnc(OC2CNC2)c(C2CCOCC2)c1. The van der Waals surface area contributed by atoms with Crippen molar-refractivity contribution in [1.82, 2.24) is 40.1 Å². The van der Waals surface area contributed by atoms with E-state index >= 15 is 0 Å². The number of likely N-dealkylation sites (tertiary alicyclic amines) is 1. The van der Waals surface area contributed by atoms with Crippen molar-refractivity contribution in [2.75, 3.05) is 52.6 Å². The van der Waals surface area contributed by atoms with Gasteiger partial charge in [-0.2, -0.15) is 0 Å². The highest BCUT2D eigenvalue weighted by Gasteiger charge is 2.34. The van der Waals surface area contributed by atoms with Crippen LogP contribution in [0.3, 0.4) is 0 Å². The third kappa shape index (κ3) is 10.5. The van der Waals surface area contributed by atoms with Gasteiger partial charge in [-0.3, -0.25) is 4.79 Å². The van der Waals surface area contributed by atoms with Gasteiger partial charge in [0.2, 0.25) is 11.8 Å². The third-order valence-corrected chi connectivity index (χ3v) is 8.58. The average molecular weight is 733 g/mol. The molecule has 0 atom stereocenters. The van der Waals surface area contributed by atoms with Crippen molar-refractivity contribution in [3.8, 4) is 11.8 Å². The summed E-state index contributed by atoms with van der Waals surface area (Å²) in [5, 5.41) is 11.5. The zero-order valence-electron chi connectivity index (χ0n) is 28.5. The number of nitrogens with one attached hydrogen (secondary N) is 1. The van der Waals surface area contributed by atoms with Crippen molar-refractivity contribution >= 4 is 29.9 Å². The highest BCUT2D eigenvalue weighted by molar-refractivity contribution is 5.92. The molecule has 3 fully saturated rings. The van der Waals surface area contributed by atoms with E-state index in [0.717, 1.165) is 57.0 Å². The molecule has 4 aromatic heterocycles. The van der Waals surface area contributed by atoms with Gasteiger partial charge >= 0.3 is 5.97 Å². The molecule has 274 valence electrons. The van der Waals surface area contributed by atoms with Crippen LogP contribution in [0, 0.1) is 0 Å². The second-order valence-corrected chi connectivity index (χ2v) is 12.0. The van der Waals surface area contributed by atoms with Crippen LogP contribution >= 0.6 is 12.4 Å². The van der Waals surface area contributed by atoms with Crippen molar-refractivity contribution < 1.29 is 33.6 Å². The molecule has 8 rings (SSSR count). The van der Waals surface area contributed by atoms with Crippen LogP contribution in [0.25, 0.3) is 5.57 Å². The maximum absolute atomic E-state index is 12.3. The summed E-state index contributed by atoms with van der Waals surface area (Å²) in [5.74, 6) is 0.856. The van der Waals surface area contributed by atoms with Crippen LogP contribution in [0.2, 0.25) is 0 Å². The van der Waals surface area contributed by atoms with Crippen LogP contribution in [-0.4, -0.2) is 117 Å². The first kappa shape index (κ1) is 38.1. The van der Waals surface area contributed by atoms with Gasteiger partial charge in [0, 0.05) is 62.2 Å². The minimum atomic E-state index is -1.03. The molecule has 0 radical (unpaired) electrons. The Morgan fingerprint density at radius 1 is 0.788 bits per heavy atom. The Kier molecular flexibility index (Phi) is 14.3. The van der Waals surface area contributed by atoms with Gasteiger partial charge in [0.15, 0.2) is 5.69 Å². The molecule has 0 aliphatic carbocycles. The number of aromatic nitrogens is 6. The predicted octanol–water partition coefficient (Wildman–Crippen LogP) is 3.50. The molecule has 4 aliphatic rings. The smallest absolute Gasteiger partial charge is 0.354 e. The number of aromatic carboxylic acids is 1. The van der Waals surface area contributed by atoms with Gasteiger partial charge in [-0.25, -0.2) is 34.7 Å². The number of hydrogen-bond acceptors (Lipinski definition) is 13. The molecule has 4 aliphatic heterocycles. The zero-order chi connectivity index (χ0) is 35.3. The molecule has 16 heteroatoms. The van der Waals surface area contributed by atoms with Crippen molar-refractivity contribution in [2.45, 2.75) is 37.4 Å². The monoisotopic (exact) mass is 732 g/mol. The van der Waals surface area contributed by atoms with Crippen LogP contribution in [0.1, 0.15) is 57.3 Å². The van der Waals surface area contributed by atoms with E-state index in [1.54, 1.807) is 23.4 Å². The highest BCUT2D eigenvalue weighted by Crippen LogP contribution is 2.33. The largest absolute Gasteiger partial charge is 0.477 e. The molecule has 8 heterocycles. The molecule has 15 nitrogen and oxygen atoms in total. The Morgan fingerprint density at radius 2 is 1.46 bits per heavy atom. The number of carboxylic acid groups (broad SMARTS) is 1. The van der Waals surface area contributed by atoms with Gasteiger partial charge in [-0.15, -0.1) is 12.4 Å². The number of pyridine rings is 2. The van der Waals surface area contributed by atoms with Gasteiger partial charge in [0.25, 0.3) is 5.91 Å². The van der Waals surface area contributed by atoms with Crippen LogP contribution in [-0.2, 0) is 9.47 Å². The standard InChI is InChI=1S/C18H18N4O3.C13H18N2O2.C5H4N2O2.ClH/c23-18(16-3-7-19-12-21-16)22-10-14(11-22)25-17-15(2-1-6-20-17)13-4-8-24-9-5-13;1-2-12(10-3-6-16-7-4-10)13(15-5-1)17-11-8-14-9-11;8-5(9)4-1-2-6-3-7-4;/h1-4,6-7,12,14H,5,8-11H2;1-2,5,10-11,14H,3-4,6-9H2;1-3H,(H,8,9);1H. The number of hydrogen-bond donors (Lipinski definition) is 2. The fraction of sp³-hybridized carbons (Fsp3) is 0.389. The van der Waals surface area contributed by atoms with E-state index in [-0.39, 0.29) is 30.1 Å². The van der Waals surface area contributed by atoms with Crippen LogP contribution in [0.5, 0.6) is 11.8 Å². The van der Waals surface area contributed by atoms with E-state index in [9.17, 15) is 9.59 Å². The predicted molar refractivity (Wildman–Crippen MR) is 191 cm³/mol. The Labute approximate surface area is 307 Å². The van der Waals surface area contributed by atoms with E-state index in [2.05, 4.69) is 47.4 Å². The Morgan fingerprint density at radius 3 is 2.06 bits per heavy atom. The molecule has 52 heavy (non-hydrogen) atoms. The average Bonchev–Trinajstić information content (AvgIpc) is 3.16. The summed E-state index contributed by atoms with van der Waals surface area (Å²) in [4.78, 5) is 47.7. The van der Waals surface area contributed by atoms with E-state index in [1.165, 1.54) is 36.1 Å². The molecule has 4 aromatic rings. The molecule has 0 bridgehead atoms. The fourth-order valence-electron chi connectivity index (χ4n) is 5.66. The number of carbonyl (C=O) groups is 2. The lowest BCUT2D eigenvalue weighted by atomic mass is 9.92. The molecule has 1 amide bonds. The number of rotatable bonds is 8. The lowest BCUT2D eigenvalue weighted by molar-refractivity contribution is 0.0154. The number of halogens is 1. The molecule has 0 spiro atoms. The first-order valence-corrected chi connectivity index (χ1v) is 16.9. The third-order valence-electron chi connectivity index (χ3n) is 8.58. The fourth-order valence-corrected chi connectivity index (χ4v) is 5.66. The van der Waals surface area contributed by atoms with Gasteiger partial charge in [-0.1, -0.05) is 12.1 Å². The second kappa shape index (κ2) is 19.5. The summed E-state index contributed by atoms with van der Waals surface area (Å²) >= 11 is 0. The molecule has 0 aromatic carbocycles. The van der Waals surface area contributed by atoms with Gasteiger partial charge in [0.05, 0.1) is 26.3 Å². The topological polar surface area (TPSA) is 184 Å². The van der Waals surface area contributed by atoms with Crippen molar-refractivity contribution in [1.29, 1.82) is 0 Å². The molecule has 2 N–H and O–H groups in total. The van der Waals surface area contributed by atoms with Crippen LogP contribution < -0.4 is 14.8 Å². The van der Waals surface area contributed by atoms with Crippen molar-refractivity contribution in [3.63, 3.8) is 0 Å². The van der Waals surface area contributed by atoms with E-state index in [1.807, 2.05) is 24.4 Å². The number of nitrogens with zero attached hydrogens (tertiary/aromatic N) is 7. The minimum absolute atomic E-state index is 0. The highest BCUT2D eigenvalue weighted by atomic mass is 35.5. The normalized spacial score (nSPS) is 17.2. The maximum Gasteiger partial charge on any atom is 0.354 e. The van der Waals surface area contributed by atoms with E-state index in [0.29, 0.717) is 49.9 Å². The van der Waals surface area contributed by atoms with Crippen molar-refractivity contribution in [3.05, 3.63) is 102 Å². The Hall–Kier alpha value is -5.09. The number of ether oxygens (including phenoxy) is 4. The quantitative estimate of drug-likeness (QED) is 0.268. The molecule has 3 saturated heterocycles. The minimum Gasteiger partial charge on any atom is -0.477 e. The van der Waals surface area contributed by atoms with Crippen LogP contribution in [0.15, 0.2) is 79.9 Å². The first-order chi connectivity index (χ1) is 25.0. The summed E-state index contributed by atoms with van der Waals surface area (Å²) in [7, 11) is 0. The first-order valence-electron chi connectivity index (χ1n) is 16.9. The van der Waals surface area contributed by atoms with E-state index in [4.69, 9.17) is 24.1 Å².